The van der Waals surface area contributed by atoms with E-state index in [1.165, 1.54) is 6.20 Å². The van der Waals surface area contributed by atoms with Gasteiger partial charge in [-0.1, -0.05) is 18.2 Å². The van der Waals surface area contributed by atoms with E-state index >= 15 is 0 Å². The maximum Gasteiger partial charge on any atom is 0.357 e. The molecule has 23 heavy (non-hydrogen) atoms. The number of aromatic hydroxyl groups is 1. The van der Waals surface area contributed by atoms with Crippen LogP contribution in [0.25, 0.3) is 10.2 Å². The Labute approximate surface area is 135 Å². The van der Waals surface area contributed by atoms with Gasteiger partial charge in [-0.15, -0.1) is 11.3 Å². The van der Waals surface area contributed by atoms with Crippen LogP contribution in [0.5, 0.6) is 11.5 Å². The molecule has 0 aliphatic rings. The van der Waals surface area contributed by atoms with E-state index in [4.69, 9.17) is 4.74 Å². The van der Waals surface area contributed by atoms with Crippen molar-refractivity contribution < 1.29 is 23.1 Å². The molecule has 7 nitrogen and oxygen atoms in total. The predicted octanol–water partition coefficient (Wildman–Crippen LogP) is 2.02. The third-order valence-corrected chi connectivity index (χ3v) is 4.80. The van der Waals surface area contributed by atoms with Crippen molar-refractivity contribution >= 4 is 37.4 Å². The zero-order valence-corrected chi connectivity index (χ0v) is 13.4. The average Bonchev–Trinajstić information content (AvgIpc) is 2.84. The molecule has 0 radical (unpaired) electrons. The van der Waals surface area contributed by atoms with Gasteiger partial charge in [-0.25, -0.2) is 23.2 Å². The van der Waals surface area contributed by atoms with Gasteiger partial charge in [0.1, 0.15) is 10.6 Å². The average molecular weight is 350 g/mol. The Morgan fingerprint density at radius 1 is 1.26 bits per heavy atom. The lowest BCUT2D eigenvalue weighted by molar-refractivity contribution is 0.0737. The molecular weight excluding hydrogens is 340 g/mol. The molecule has 0 saturated carbocycles. The second-order valence-corrected chi connectivity index (χ2v) is 7.53. The van der Waals surface area contributed by atoms with Gasteiger partial charge >= 0.3 is 5.97 Å². The Kier molecular flexibility index (Phi) is 3.74. The van der Waals surface area contributed by atoms with Gasteiger partial charge in [0, 0.05) is 12.5 Å². The fourth-order valence-electron chi connectivity index (χ4n) is 1.82. The Morgan fingerprint density at radius 3 is 2.61 bits per heavy atom. The summed E-state index contributed by atoms with van der Waals surface area (Å²) in [5.74, 6) is -0.749. The van der Waals surface area contributed by atoms with E-state index in [1.807, 2.05) is 0 Å². The van der Waals surface area contributed by atoms with Crippen molar-refractivity contribution in [3.05, 3.63) is 41.4 Å². The number of benzene rings is 1. The molecule has 3 rings (SSSR count). The van der Waals surface area contributed by atoms with E-state index in [9.17, 15) is 18.3 Å². The highest BCUT2D eigenvalue weighted by atomic mass is 32.2. The number of fused-ring (bicyclic) bond motifs is 1. The molecule has 0 saturated heterocycles. The number of rotatable bonds is 3. The van der Waals surface area contributed by atoms with Crippen LogP contribution in [0.2, 0.25) is 0 Å². The summed E-state index contributed by atoms with van der Waals surface area (Å²) in [5.41, 5.74) is 0. The molecule has 0 fully saturated rings. The van der Waals surface area contributed by atoms with E-state index in [-0.39, 0.29) is 26.0 Å². The summed E-state index contributed by atoms with van der Waals surface area (Å²) < 4.78 is 28.1. The Morgan fingerprint density at radius 2 is 1.96 bits per heavy atom. The molecule has 0 unspecified atom stereocenters. The monoisotopic (exact) mass is 350 g/mol. The van der Waals surface area contributed by atoms with Gasteiger partial charge < -0.3 is 9.84 Å². The first-order valence-electron chi connectivity index (χ1n) is 6.32. The van der Waals surface area contributed by atoms with E-state index in [1.54, 1.807) is 30.3 Å². The van der Waals surface area contributed by atoms with Gasteiger partial charge in [-0.05, 0) is 12.1 Å². The number of esters is 1. The lowest BCUT2D eigenvalue weighted by Gasteiger charge is -2.01. The summed E-state index contributed by atoms with van der Waals surface area (Å²) in [6.07, 6.45) is 2.15. The maximum absolute atomic E-state index is 12.1. The van der Waals surface area contributed by atoms with Crippen LogP contribution in [0.15, 0.2) is 41.7 Å². The molecule has 1 N–H and O–H groups in total. The minimum absolute atomic E-state index is 0.0659. The molecule has 118 valence electrons. The normalized spacial score (nSPS) is 11.5. The first-order chi connectivity index (χ1) is 10.9. The quantitative estimate of drug-likeness (QED) is 0.437. The maximum atomic E-state index is 12.1. The molecule has 3 aromatic rings. The van der Waals surface area contributed by atoms with Crippen molar-refractivity contribution in [1.82, 2.24) is 9.97 Å². The smallest absolute Gasteiger partial charge is 0.357 e. The summed E-state index contributed by atoms with van der Waals surface area (Å²) in [6, 6.07) is 8.39. The van der Waals surface area contributed by atoms with Crippen LogP contribution in [0.1, 0.15) is 9.67 Å². The largest absolute Gasteiger partial charge is 0.505 e. The SMILES string of the molecule is CS(=O)(=O)c1ncc2c(O)c(C(=O)Oc3ccccc3)sc2n1. The first-order valence-corrected chi connectivity index (χ1v) is 9.03. The molecule has 1 aromatic carbocycles. The Bertz CT molecular complexity index is 997. The topological polar surface area (TPSA) is 106 Å². The third kappa shape index (κ3) is 3.01. The zero-order chi connectivity index (χ0) is 16.6. The number of sulfone groups is 1. The van der Waals surface area contributed by atoms with Crippen LogP contribution in [-0.4, -0.2) is 35.7 Å². The highest BCUT2D eigenvalue weighted by molar-refractivity contribution is 7.90. The molecule has 0 atom stereocenters. The number of ether oxygens (including phenoxy) is 1. The molecule has 0 aliphatic carbocycles. The summed E-state index contributed by atoms with van der Waals surface area (Å²) in [4.78, 5) is 19.8. The molecule has 9 heteroatoms. The van der Waals surface area contributed by atoms with Crippen molar-refractivity contribution in [2.45, 2.75) is 5.16 Å². The van der Waals surface area contributed by atoms with E-state index < -0.39 is 15.8 Å². The lowest BCUT2D eigenvalue weighted by atomic mass is 10.3. The second kappa shape index (κ2) is 5.60. The number of aromatic nitrogens is 2. The van der Waals surface area contributed by atoms with Crippen LogP contribution in [0.3, 0.4) is 0 Å². The van der Waals surface area contributed by atoms with Gasteiger partial charge in [0.25, 0.3) is 0 Å². The van der Waals surface area contributed by atoms with Gasteiger partial charge in [-0.2, -0.15) is 0 Å². The zero-order valence-electron chi connectivity index (χ0n) is 11.8. The van der Waals surface area contributed by atoms with Gasteiger partial charge in [0.05, 0.1) is 5.39 Å². The lowest BCUT2D eigenvalue weighted by Crippen LogP contribution is -2.06. The molecule has 2 heterocycles. The Balaban J connectivity index is 2.01. The minimum Gasteiger partial charge on any atom is -0.505 e. The van der Waals surface area contributed by atoms with Crippen molar-refractivity contribution in [3.63, 3.8) is 0 Å². The van der Waals surface area contributed by atoms with Crippen molar-refractivity contribution in [1.29, 1.82) is 0 Å². The van der Waals surface area contributed by atoms with E-state index in [2.05, 4.69) is 9.97 Å². The minimum atomic E-state index is -3.58. The number of hydrogen-bond acceptors (Lipinski definition) is 8. The molecule has 0 bridgehead atoms. The highest BCUT2D eigenvalue weighted by Gasteiger charge is 2.23. The molecule has 0 spiro atoms. The van der Waals surface area contributed by atoms with E-state index in [0.29, 0.717) is 5.75 Å². The van der Waals surface area contributed by atoms with Crippen LogP contribution >= 0.6 is 11.3 Å². The fourth-order valence-corrected chi connectivity index (χ4v) is 3.29. The molecule has 0 aliphatic heterocycles. The summed E-state index contributed by atoms with van der Waals surface area (Å²) in [5, 5.41) is 9.94. The predicted molar refractivity (Wildman–Crippen MR) is 83.6 cm³/mol. The molecule has 2 aromatic heterocycles. The number of carbonyl (C=O) groups is 1. The van der Waals surface area contributed by atoms with Crippen molar-refractivity contribution in [2.75, 3.05) is 6.26 Å². The summed E-state index contributed by atoms with van der Waals surface area (Å²) in [7, 11) is -3.58. The Hall–Kier alpha value is -2.52. The van der Waals surface area contributed by atoms with Gasteiger partial charge in [0.2, 0.25) is 15.0 Å². The number of nitrogens with zero attached hydrogens (tertiary/aromatic N) is 2. The number of thiophene rings is 1. The van der Waals surface area contributed by atoms with Crippen LogP contribution in [-0.2, 0) is 9.84 Å². The summed E-state index contributed by atoms with van der Waals surface area (Å²) >= 11 is 0.841. The molecule has 0 amide bonds. The second-order valence-electron chi connectivity index (χ2n) is 4.63. The number of carbonyl (C=O) groups excluding carboxylic acids is 1. The van der Waals surface area contributed by atoms with E-state index in [0.717, 1.165) is 17.6 Å². The highest BCUT2D eigenvalue weighted by Crippen LogP contribution is 2.36. The standard InChI is InChI=1S/C14H10N2O5S2/c1-23(19,20)14-15-7-9-10(17)11(22-12(9)16-14)13(18)21-8-5-3-2-4-6-8/h2-7,17H,1H3. The summed E-state index contributed by atoms with van der Waals surface area (Å²) in [6.45, 7) is 0. The fraction of sp³-hybridized carbons (Fsp3) is 0.0714. The van der Waals surface area contributed by atoms with Crippen molar-refractivity contribution in [2.24, 2.45) is 0 Å². The molecular formula is C14H10N2O5S2. The number of hydrogen-bond donors (Lipinski definition) is 1. The first kappa shape index (κ1) is 15.4. The van der Waals surface area contributed by atoms with Crippen molar-refractivity contribution in [3.8, 4) is 11.5 Å². The van der Waals surface area contributed by atoms with Crippen LogP contribution in [0, 0.1) is 0 Å². The van der Waals surface area contributed by atoms with Crippen LogP contribution < -0.4 is 4.74 Å². The number of para-hydroxylation sites is 1. The van der Waals surface area contributed by atoms with Gasteiger partial charge in [-0.3, -0.25) is 0 Å². The third-order valence-electron chi connectivity index (χ3n) is 2.87. The van der Waals surface area contributed by atoms with Gasteiger partial charge in [0.15, 0.2) is 10.6 Å². The van der Waals surface area contributed by atoms with Crippen LogP contribution in [0.4, 0.5) is 0 Å².